The van der Waals surface area contributed by atoms with Gasteiger partial charge < -0.3 is 14.5 Å². The van der Waals surface area contributed by atoms with E-state index < -0.39 is 34.0 Å². The molecule has 12 heteroatoms. The van der Waals surface area contributed by atoms with Crippen LogP contribution in [0.4, 0.5) is 10.1 Å². The van der Waals surface area contributed by atoms with Crippen LogP contribution in [-0.4, -0.2) is 54.7 Å². The van der Waals surface area contributed by atoms with Crippen molar-refractivity contribution in [3.05, 3.63) is 64.4 Å². The van der Waals surface area contributed by atoms with Gasteiger partial charge in [0.05, 0.1) is 18.1 Å². The zero-order valence-corrected chi connectivity index (χ0v) is 18.5. The second-order valence-electron chi connectivity index (χ2n) is 7.38. The predicted molar refractivity (Wildman–Crippen MR) is 116 cm³/mol. The van der Waals surface area contributed by atoms with Gasteiger partial charge in [-0.25, -0.2) is 17.6 Å². The van der Waals surface area contributed by atoms with Gasteiger partial charge in [-0.3, -0.25) is 4.79 Å². The van der Waals surface area contributed by atoms with E-state index in [-0.39, 0.29) is 29.6 Å². The van der Waals surface area contributed by atoms with E-state index in [4.69, 9.17) is 9.15 Å². The van der Waals surface area contributed by atoms with Gasteiger partial charge in [-0.15, -0.1) is 5.10 Å². The molecule has 1 N–H and O–H groups in total. The summed E-state index contributed by atoms with van der Waals surface area (Å²) in [4.78, 5) is 24.6. The predicted octanol–water partition coefficient (Wildman–Crippen LogP) is 1.61. The molecule has 0 spiro atoms. The van der Waals surface area contributed by atoms with Crippen molar-refractivity contribution in [2.45, 2.75) is 18.4 Å². The molecule has 2 aromatic carbocycles. The second kappa shape index (κ2) is 9.25. The summed E-state index contributed by atoms with van der Waals surface area (Å²) in [6, 6.07) is 9.73. The number of rotatable bonds is 6. The summed E-state index contributed by atoms with van der Waals surface area (Å²) in [6.07, 6.45) is 0. The number of anilines is 1. The molecular weight excluding hydrogens is 455 g/mol. The van der Waals surface area contributed by atoms with Crippen LogP contribution in [0, 0.1) is 12.7 Å². The zero-order chi connectivity index (χ0) is 23.6. The third-order valence-corrected chi connectivity index (χ3v) is 7.09. The molecule has 2 heterocycles. The number of morpholine rings is 1. The SMILES string of the molecule is Cc1ccc(NC(=O)Cn2nc(-c3ccc(F)cc3)oc2=O)cc1S(=O)(=O)N1CCOCC1. The number of halogens is 1. The molecule has 0 bridgehead atoms. The maximum Gasteiger partial charge on any atom is 0.437 e. The van der Waals surface area contributed by atoms with Gasteiger partial charge in [0.2, 0.25) is 21.8 Å². The average molecular weight is 476 g/mol. The van der Waals surface area contributed by atoms with Crippen molar-refractivity contribution in [3.63, 3.8) is 0 Å². The van der Waals surface area contributed by atoms with Gasteiger partial charge >= 0.3 is 5.76 Å². The van der Waals surface area contributed by atoms with Gasteiger partial charge in [0, 0.05) is 24.3 Å². The van der Waals surface area contributed by atoms with Gasteiger partial charge in [0.15, 0.2) is 0 Å². The smallest absolute Gasteiger partial charge is 0.388 e. The highest BCUT2D eigenvalue weighted by atomic mass is 32.2. The maximum absolute atomic E-state index is 13.1. The van der Waals surface area contributed by atoms with Crippen LogP contribution in [0.15, 0.2) is 56.6 Å². The Kier molecular flexibility index (Phi) is 6.40. The first-order valence-corrected chi connectivity index (χ1v) is 11.5. The number of carbonyl (C=O) groups excluding carboxylic acids is 1. The first-order valence-electron chi connectivity index (χ1n) is 10.1. The number of nitrogens with zero attached hydrogens (tertiary/aromatic N) is 3. The van der Waals surface area contributed by atoms with Crippen LogP contribution < -0.4 is 11.1 Å². The number of benzene rings is 2. The number of nitrogens with one attached hydrogen (secondary N) is 1. The van der Waals surface area contributed by atoms with E-state index in [1.165, 1.54) is 34.6 Å². The number of aromatic nitrogens is 2. The lowest BCUT2D eigenvalue weighted by Crippen LogP contribution is -2.40. The summed E-state index contributed by atoms with van der Waals surface area (Å²) >= 11 is 0. The molecule has 3 aromatic rings. The van der Waals surface area contributed by atoms with Crippen LogP contribution in [0.25, 0.3) is 11.5 Å². The summed E-state index contributed by atoms with van der Waals surface area (Å²) in [6.45, 7) is 2.36. The van der Waals surface area contributed by atoms with Gasteiger partial charge in [-0.1, -0.05) is 6.07 Å². The van der Waals surface area contributed by atoms with E-state index >= 15 is 0 Å². The van der Waals surface area contributed by atoms with Crippen molar-refractivity contribution in [1.82, 2.24) is 14.1 Å². The summed E-state index contributed by atoms with van der Waals surface area (Å²) in [7, 11) is -3.75. The normalized spacial score (nSPS) is 14.8. The molecule has 0 atom stereocenters. The molecular formula is C21H21FN4O6S. The van der Waals surface area contributed by atoms with Crippen molar-refractivity contribution in [2.24, 2.45) is 0 Å². The lowest BCUT2D eigenvalue weighted by molar-refractivity contribution is -0.117. The summed E-state index contributed by atoms with van der Waals surface area (Å²) < 4.78 is 51.5. The molecule has 0 unspecified atom stereocenters. The van der Waals surface area contributed by atoms with Crippen molar-refractivity contribution >= 4 is 21.6 Å². The molecule has 1 amide bonds. The van der Waals surface area contributed by atoms with E-state index in [1.807, 2.05) is 0 Å². The van der Waals surface area contributed by atoms with Crippen LogP contribution in [0.5, 0.6) is 0 Å². The molecule has 1 saturated heterocycles. The Hall–Kier alpha value is -3.35. The van der Waals surface area contributed by atoms with Gasteiger partial charge in [-0.05, 0) is 48.9 Å². The lowest BCUT2D eigenvalue weighted by Gasteiger charge is -2.26. The third-order valence-electron chi connectivity index (χ3n) is 5.05. The molecule has 1 aliphatic heterocycles. The number of carbonyl (C=O) groups is 1. The molecule has 1 fully saturated rings. The highest BCUT2D eigenvalue weighted by Gasteiger charge is 2.28. The molecule has 1 aliphatic rings. The minimum atomic E-state index is -3.75. The highest BCUT2D eigenvalue weighted by molar-refractivity contribution is 7.89. The van der Waals surface area contributed by atoms with Gasteiger partial charge in [-0.2, -0.15) is 8.99 Å². The largest absolute Gasteiger partial charge is 0.437 e. The van der Waals surface area contributed by atoms with Gasteiger partial charge in [0.25, 0.3) is 0 Å². The maximum atomic E-state index is 13.1. The van der Waals surface area contributed by atoms with E-state index in [0.29, 0.717) is 24.3 Å². The van der Waals surface area contributed by atoms with Crippen LogP contribution in [0.3, 0.4) is 0 Å². The van der Waals surface area contributed by atoms with Crippen LogP contribution in [-0.2, 0) is 26.1 Å². The molecule has 174 valence electrons. The van der Waals surface area contributed by atoms with Gasteiger partial charge in [0.1, 0.15) is 12.4 Å². The van der Waals surface area contributed by atoms with E-state index in [0.717, 1.165) is 4.68 Å². The molecule has 1 aromatic heterocycles. The molecule has 0 aliphatic carbocycles. The second-order valence-corrected chi connectivity index (χ2v) is 9.29. The Labute approximate surface area is 188 Å². The molecule has 0 radical (unpaired) electrons. The highest BCUT2D eigenvalue weighted by Crippen LogP contribution is 2.24. The number of sulfonamides is 1. The fraction of sp³-hybridized carbons (Fsp3) is 0.286. The number of hydrogen-bond donors (Lipinski definition) is 1. The summed E-state index contributed by atoms with van der Waals surface area (Å²) in [5.74, 6) is -1.96. The molecule has 0 saturated carbocycles. The average Bonchev–Trinajstić information content (AvgIpc) is 3.16. The summed E-state index contributed by atoms with van der Waals surface area (Å²) in [5.41, 5.74) is 1.17. The van der Waals surface area contributed by atoms with Crippen molar-refractivity contribution in [1.29, 1.82) is 0 Å². The first-order chi connectivity index (χ1) is 15.7. The zero-order valence-electron chi connectivity index (χ0n) is 17.7. The lowest BCUT2D eigenvalue weighted by atomic mass is 10.2. The monoisotopic (exact) mass is 476 g/mol. The van der Waals surface area contributed by atoms with Crippen molar-refractivity contribution in [3.8, 4) is 11.5 Å². The van der Waals surface area contributed by atoms with Crippen molar-refractivity contribution < 1.29 is 26.8 Å². The summed E-state index contributed by atoms with van der Waals surface area (Å²) in [5, 5.41) is 6.54. The minimum absolute atomic E-state index is 0.0537. The first kappa shape index (κ1) is 22.8. The van der Waals surface area contributed by atoms with Crippen LogP contribution in [0.2, 0.25) is 0 Å². The van der Waals surface area contributed by atoms with E-state index in [1.54, 1.807) is 19.1 Å². The Morgan fingerprint density at radius 3 is 2.55 bits per heavy atom. The number of amides is 1. The van der Waals surface area contributed by atoms with Crippen LogP contribution in [0.1, 0.15) is 5.56 Å². The molecule has 33 heavy (non-hydrogen) atoms. The molecule has 10 nitrogen and oxygen atoms in total. The fourth-order valence-corrected chi connectivity index (χ4v) is 4.99. The number of aryl methyl sites for hydroxylation is 1. The Morgan fingerprint density at radius 2 is 1.85 bits per heavy atom. The Balaban J connectivity index is 1.50. The van der Waals surface area contributed by atoms with E-state index in [2.05, 4.69) is 10.4 Å². The third kappa shape index (κ3) is 5.02. The van der Waals surface area contributed by atoms with Crippen LogP contribution >= 0.6 is 0 Å². The molecule has 4 rings (SSSR count). The van der Waals surface area contributed by atoms with Crippen molar-refractivity contribution in [2.75, 3.05) is 31.6 Å². The fourth-order valence-electron chi connectivity index (χ4n) is 3.33. The Morgan fingerprint density at radius 1 is 1.15 bits per heavy atom. The van der Waals surface area contributed by atoms with E-state index in [9.17, 15) is 22.4 Å². The number of ether oxygens (including phenoxy) is 1. The minimum Gasteiger partial charge on any atom is -0.388 e. The standard InChI is InChI=1S/C21H21FN4O6S/c1-14-2-7-17(12-18(14)33(29,30)25-8-10-31-11-9-25)23-19(27)13-26-21(28)32-20(24-26)15-3-5-16(22)6-4-15/h2-7,12H,8-11,13H2,1H3,(H,23,27). The topological polar surface area (TPSA) is 124 Å². The number of hydrogen-bond acceptors (Lipinski definition) is 7. The quantitative estimate of drug-likeness (QED) is 0.573. The Bertz CT molecular complexity index is 1330.